The van der Waals surface area contributed by atoms with E-state index in [2.05, 4.69) is 43.4 Å². The molecule has 2 atom stereocenters. The fourth-order valence-corrected chi connectivity index (χ4v) is 3.40. The van der Waals surface area contributed by atoms with Gasteiger partial charge in [0.1, 0.15) is 0 Å². The predicted molar refractivity (Wildman–Crippen MR) is 109 cm³/mol. The third kappa shape index (κ3) is 4.14. The highest BCUT2D eigenvalue weighted by molar-refractivity contribution is 5.45. The molecule has 0 saturated heterocycles. The van der Waals surface area contributed by atoms with Crippen molar-refractivity contribution in [1.29, 1.82) is 0 Å². The molecular formula is C24H27NO. The van der Waals surface area contributed by atoms with Crippen LogP contribution < -0.4 is 5.32 Å². The molecule has 2 unspecified atom stereocenters. The van der Waals surface area contributed by atoms with E-state index in [1.807, 2.05) is 66.7 Å². The minimum Gasteiger partial charge on any atom is -0.385 e. The van der Waals surface area contributed by atoms with Crippen LogP contribution in [0.25, 0.3) is 0 Å². The van der Waals surface area contributed by atoms with Crippen molar-refractivity contribution in [2.45, 2.75) is 31.9 Å². The van der Waals surface area contributed by atoms with Crippen LogP contribution in [0, 0.1) is 5.92 Å². The summed E-state index contributed by atoms with van der Waals surface area (Å²) in [5, 5.41) is 15.2. The first-order chi connectivity index (χ1) is 12.6. The summed E-state index contributed by atoms with van der Waals surface area (Å²) >= 11 is 0. The van der Waals surface area contributed by atoms with E-state index in [9.17, 15) is 5.11 Å². The summed E-state index contributed by atoms with van der Waals surface area (Å²) in [4.78, 5) is 0. The zero-order chi connectivity index (χ0) is 18.4. The minimum absolute atomic E-state index is 0.00575. The monoisotopic (exact) mass is 345 g/mol. The Bertz CT molecular complexity index is 786. The maximum Gasteiger partial charge on any atom is 0.0942 e. The van der Waals surface area contributed by atoms with E-state index in [-0.39, 0.29) is 12.0 Å². The molecule has 0 aliphatic rings. The Morgan fingerprint density at radius 2 is 1.27 bits per heavy atom. The first-order valence-corrected chi connectivity index (χ1v) is 9.24. The molecule has 0 saturated carbocycles. The zero-order valence-corrected chi connectivity index (χ0v) is 15.5. The van der Waals surface area contributed by atoms with Crippen molar-refractivity contribution in [3.05, 3.63) is 102 Å². The number of hydrogen-bond donors (Lipinski definition) is 2. The summed E-state index contributed by atoms with van der Waals surface area (Å²) in [6.45, 7) is 4.16. The smallest absolute Gasteiger partial charge is 0.0942 e. The molecular weight excluding hydrogens is 318 g/mol. The van der Waals surface area contributed by atoms with E-state index in [0.29, 0.717) is 6.42 Å². The van der Waals surface area contributed by atoms with Gasteiger partial charge in [-0.05, 0) is 29.2 Å². The number of benzene rings is 3. The van der Waals surface area contributed by atoms with Gasteiger partial charge in [-0.15, -0.1) is 0 Å². The van der Waals surface area contributed by atoms with Gasteiger partial charge in [-0.25, -0.2) is 0 Å². The number of hydrogen-bond acceptors (Lipinski definition) is 2. The van der Waals surface area contributed by atoms with Gasteiger partial charge in [-0.3, -0.25) is 0 Å². The van der Waals surface area contributed by atoms with Crippen molar-refractivity contribution in [1.82, 2.24) is 0 Å². The molecule has 0 amide bonds. The molecule has 0 bridgehead atoms. The molecule has 26 heavy (non-hydrogen) atoms. The van der Waals surface area contributed by atoms with Crippen LogP contribution in [-0.2, 0) is 5.60 Å². The standard InChI is InChI=1S/C24H27NO/c1-19(2)24(26,21-14-8-4-9-15-21)18-23(20-12-6-3-7-13-20)25-22-16-10-5-11-17-22/h3-17,19,23,25-26H,18H2,1-2H3. The lowest BCUT2D eigenvalue weighted by Gasteiger charge is -2.37. The highest BCUT2D eigenvalue weighted by Gasteiger charge is 2.36. The van der Waals surface area contributed by atoms with Crippen molar-refractivity contribution in [2.75, 3.05) is 5.32 Å². The average molecular weight is 345 g/mol. The van der Waals surface area contributed by atoms with Crippen LogP contribution in [0.5, 0.6) is 0 Å². The van der Waals surface area contributed by atoms with Crippen molar-refractivity contribution < 1.29 is 5.11 Å². The highest BCUT2D eigenvalue weighted by atomic mass is 16.3. The van der Waals surface area contributed by atoms with Crippen molar-refractivity contribution >= 4 is 5.69 Å². The fourth-order valence-electron chi connectivity index (χ4n) is 3.40. The van der Waals surface area contributed by atoms with Crippen LogP contribution in [0.4, 0.5) is 5.69 Å². The normalized spacial score (nSPS) is 14.6. The zero-order valence-electron chi connectivity index (χ0n) is 15.5. The molecule has 0 aromatic heterocycles. The van der Waals surface area contributed by atoms with Gasteiger partial charge in [-0.2, -0.15) is 0 Å². The van der Waals surface area contributed by atoms with Crippen LogP contribution in [-0.4, -0.2) is 5.11 Å². The Morgan fingerprint density at radius 1 is 0.769 bits per heavy atom. The summed E-state index contributed by atoms with van der Waals surface area (Å²) in [6, 6.07) is 30.5. The Kier molecular flexibility index (Phi) is 5.75. The van der Waals surface area contributed by atoms with Crippen LogP contribution in [0.15, 0.2) is 91.0 Å². The lowest BCUT2D eigenvalue weighted by atomic mass is 9.77. The van der Waals surface area contributed by atoms with Crippen molar-refractivity contribution in [3.63, 3.8) is 0 Å². The number of aliphatic hydroxyl groups is 1. The molecule has 3 aromatic rings. The van der Waals surface area contributed by atoms with E-state index in [0.717, 1.165) is 11.3 Å². The summed E-state index contributed by atoms with van der Waals surface area (Å²) in [7, 11) is 0. The fraction of sp³-hybridized carbons (Fsp3) is 0.250. The largest absolute Gasteiger partial charge is 0.385 e. The van der Waals surface area contributed by atoms with Gasteiger partial charge in [0.05, 0.1) is 11.6 Å². The number of nitrogens with one attached hydrogen (secondary N) is 1. The molecule has 2 nitrogen and oxygen atoms in total. The second-order valence-corrected chi connectivity index (χ2v) is 7.12. The van der Waals surface area contributed by atoms with Crippen molar-refractivity contribution in [2.24, 2.45) is 5.92 Å². The molecule has 0 spiro atoms. The second-order valence-electron chi connectivity index (χ2n) is 7.12. The Balaban J connectivity index is 1.95. The van der Waals surface area contributed by atoms with Gasteiger partial charge >= 0.3 is 0 Å². The molecule has 0 fully saturated rings. The van der Waals surface area contributed by atoms with Gasteiger partial charge in [0.2, 0.25) is 0 Å². The van der Waals surface area contributed by atoms with E-state index < -0.39 is 5.60 Å². The molecule has 2 N–H and O–H groups in total. The summed E-state index contributed by atoms with van der Waals surface area (Å²) in [5.74, 6) is 0.0914. The maximum atomic E-state index is 11.6. The third-order valence-corrected chi connectivity index (χ3v) is 5.06. The Morgan fingerprint density at radius 3 is 1.81 bits per heavy atom. The maximum absolute atomic E-state index is 11.6. The SMILES string of the molecule is CC(C)C(O)(CC(Nc1ccccc1)c1ccccc1)c1ccccc1. The van der Waals surface area contributed by atoms with E-state index in [1.54, 1.807) is 0 Å². The summed E-state index contributed by atoms with van der Waals surface area (Å²) < 4.78 is 0. The molecule has 134 valence electrons. The van der Waals surface area contributed by atoms with Gasteiger partial charge in [-0.1, -0.05) is 92.7 Å². The lowest BCUT2D eigenvalue weighted by Crippen LogP contribution is -2.35. The van der Waals surface area contributed by atoms with Gasteiger partial charge in [0, 0.05) is 12.1 Å². The van der Waals surface area contributed by atoms with E-state index >= 15 is 0 Å². The molecule has 0 aliphatic carbocycles. The lowest BCUT2D eigenvalue weighted by molar-refractivity contribution is -0.0229. The minimum atomic E-state index is -0.913. The summed E-state index contributed by atoms with van der Waals surface area (Å²) in [5.41, 5.74) is 2.28. The average Bonchev–Trinajstić information content (AvgIpc) is 2.69. The molecule has 0 radical (unpaired) electrons. The number of rotatable bonds is 7. The second kappa shape index (κ2) is 8.20. The van der Waals surface area contributed by atoms with Crippen LogP contribution in [0.2, 0.25) is 0 Å². The molecule has 3 aromatic carbocycles. The number of anilines is 1. The van der Waals surface area contributed by atoms with Crippen LogP contribution >= 0.6 is 0 Å². The molecule has 0 aliphatic heterocycles. The quantitative estimate of drug-likeness (QED) is 0.569. The van der Waals surface area contributed by atoms with Gasteiger partial charge in [0.15, 0.2) is 0 Å². The predicted octanol–water partition coefficient (Wildman–Crippen LogP) is 5.77. The molecule has 0 heterocycles. The Hall–Kier alpha value is -2.58. The molecule has 2 heteroatoms. The third-order valence-electron chi connectivity index (χ3n) is 5.06. The van der Waals surface area contributed by atoms with E-state index in [4.69, 9.17) is 0 Å². The Labute approximate surface area is 156 Å². The number of para-hydroxylation sites is 1. The first-order valence-electron chi connectivity index (χ1n) is 9.24. The van der Waals surface area contributed by atoms with Crippen LogP contribution in [0.1, 0.15) is 37.4 Å². The van der Waals surface area contributed by atoms with Gasteiger partial charge in [0.25, 0.3) is 0 Å². The van der Waals surface area contributed by atoms with Crippen LogP contribution in [0.3, 0.4) is 0 Å². The van der Waals surface area contributed by atoms with Crippen molar-refractivity contribution in [3.8, 4) is 0 Å². The molecule has 3 rings (SSSR count). The summed E-state index contributed by atoms with van der Waals surface area (Å²) in [6.07, 6.45) is 0.591. The highest BCUT2D eigenvalue weighted by Crippen LogP contribution is 2.39. The van der Waals surface area contributed by atoms with E-state index in [1.165, 1.54) is 5.56 Å². The topological polar surface area (TPSA) is 32.3 Å². The first kappa shape index (κ1) is 18.2. The van der Waals surface area contributed by atoms with Gasteiger partial charge < -0.3 is 10.4 Å².